The Morgan fingerprint density at radius 1 is 1.22 bits per heavy atom. The maximum absolute atomic E-state index is 13.0. The number of Topliss-reactive ketones (excluding diaryl/α,β-unsaturated/α-hetero) is 1. The highest BCUT2D eigenvalue weighted by atomic mass is 19.1. The van der Waals surface area contributed by atoms with Gasteiger partial charge in [0.25, 0.3) is 0 Å². The summed E-state index contributed by atoms with van der Waals surface area (Å²) >= 11 is 0. The smallest absolute Gasteiger partial charge is 0.164 e. The van der Waals surface area contributed by atoms with Crippen molar-refractivity contribution in [3.8, 4) is 0 Å². The van der Waals surface area contributed by atoms with Gasteiger partial charge in [-0.1, -0.05) is 6.92 Å². The van der Waals surface area contributed by atoms with Gasteiger partial charge < -0.3 is 4.57 Å². The Kier molecular flexibility index (Phi) is 3.55. The number of halogens is 2. The monoisotopic (exact) mass is 249 g/mol. The second-order valence-corrected chi connectivity index (χ2v) is 4.13. The largest absolute Gasteiger partial charge is 0.349 e. The van der Waals surface area contributed by atoms with Crippen molar-refractivity contribution in [2.45, 2.75) is 19.9 Å². The van der Waals surface area contributed by atoms with E-state index in [2.05, 4.69) is 0 Å². The summed E-state index contributed by atoms with van der Waals surface area (Å²) in [7, 11) is 0. The summed E-state index contributed by atoms with van der Waals surface area (Å²) in [6.45, 7) is 2.13. The highest BCUT2D eigenvalue weighted by molar-refractivity contribution is 5.95. The quantitative estimate of drug-likeness (QED) is 0.761. The number of carbonyl (C=O) groups excluding carboxylic acids is 1. The van der Waals surface area contributed by atoms with Crippen molar-refractivity contribution in [2.75, 3.05) is 0 Å². The van der Waals surface area contributed by atoms with Gasteiger partial charge in [-0.15, -0.1) is 0 Å². The van der Waals surface area contributed by atoms with Crippen molar-refractivity contribution in [1.82, 2.24) is 4.57 Å². The van der Waals surface area contributed by atoms with Crippen molar-refractivity contribution in [3.63, 3.8) is 0 Å². The molecule has 2 nitrogen and oxygen atoms in total. The first-order valence-corrected chi connectivity index (χ1v) is 5.72. The van der Waals surface area contributed by atoms with Gasteiger partial charge in [-0.25, -0.2) is 8.78 Å². The molecular weight excluding hydrogens is 236 g/mol. The van der Waals surface area contributed by atoms with E-state index in [4.69, 9.17) is 0 Å². The van der Waals surface area contributed by atoms with Crippen molar-refractivity contribution in [2.24, 2.45) is 0 Å². The van der Waals surface area contributed by atoms with Gasteiger partial charge in [-0.05, 0) is 23.8 Å². The molecule has 1 heterocycles. The number of benzene rings is 1. The van der Waals surface area contributed by atoms with Crippen LogP contribution in [-0.4, -0.2) is 10.4 Å². The maximum atomic E-state index is 13.0. The molecule has 0 fully saturated rings. The zero-order valence-corrected chi connectivity index (χ0v) is 9.99. The number of rotatable bonds is 4. The van der Waals surface area contributed by atoms with Crippen molar-refractivity contribution < 1.29 is 13.6 Å². The molecule has 0 saturated carbocycles. The molecule has 18 heavy (non-hydrogen) atoms. The molecular formula is C14H13F2NO. The molecule has 0 bridgehead atoms. The first kappa shape index (κ1) is 12.5. The van der Waals surface area contributed by atoms with E-state index in [-0.39, 0.29) is 5.78 Å². The van der Waals surface area contributed by atoms with Crippen LogP contribution in [0.3, 0.4) is 0 Å². The molecule has 0 aliphatic heterocycles. The van der Waals surface area contributed by atoms with Gasteiger partial charge >= 0.3 is 0 Å². The van der Waals surface area contributed by atoms with Gasteiger partial charge in [-0.3, -0.25) is 4.79 Å². The van der Waals surface area contributed by atoms with E-state index in [1.54, 1.807) is 30.0 Å². The van der Waals surface area contributed by atoms with Crippen LogP contribution in [0, 0.1) is 11.6 Å². The fraction of sp³-hybridized carbons (Fsp3) is 0.214. The van der Waals surface area contributed by atoms with Crippen LogP contribution in [0.25, 0.3) is 0 Å². The van der Waals surface area contributed by atoms with Gasteiger partial charge in [0, 0.05) is 37.0 Å². The molecule has 94 valence electrons. The van der Waals surface area contributed by atoms with Gasteiger partial charge in [0.2, 0.25) is 0 Å². The third-order valence-corrected chi connectivity index (χ3v) is 2.68. The third-order valence-electron chi connectivity index (χ3n) is 2.68. The molecule has 0 amide bonds. The summed E-state index contributed by atoms with van der Waals surface area (Å²) < 4.78 is 27.8. The Morgan fingerprint density at radius 3 is 2.50 bits per heavy atom. The third kappa shape index (κ3) is 2.83. The van der Waals surface area contributed by atoms with Crippen LogP contribution in [0.2, 0.25) is 0 Å². The van der Waals surface area contributed by atoms with Crippen molar-refractivity contribution in [3.05, 3.63) is 59.4 Å². The van der Waals surface area contributed by atoms with Crippen LogP contribution >= 0.6 is 0 Å². The number of carbonyl (C=O) groups is 1. The Morgan fingerprint density at radius 2 is 1.89 bits per heavy atom. The van der Waals surface area contributed by atoms with Gasteiger partial charge in [0.05, 0.1) is 0 Å². The molecule has 0 aliphatic carbocycles. The molecule has 0 unspecified atom stereocenters. The summed E-state index contributed by atoms with van der Waals surface area (Å²) in [5.74, 6) is -1.14. The van der Waals surface area contributed by atoms with Crippen LogP contribution in [0.5, 0.6) is 0 Å². The number of nitrogens with zero attached hydrogens (tertiary/aromatic N) is 1. The number of hydrogen-bond acceptors (Lipinski definition) is 1. The molecule has 4 heteroatoms. The Hall–Kier alpha value is -1.97. The fourth-order valence-electron chi connectivity index (χ4n) is 1.82. The Labute approximate surface area is 104 Å². The van der Waals surface area contributed by atoms with Crippen LogP contribution in [-0.2, 0) is 6.54 Å². The molecule has 2 aromatic rings. The van der Waals surface area contributed by atoms with Crippen molar-refractivity contribution in [1.29, 1.82) is 0 Å². The van der Waals surface area contributed by atoms with Crippen LogP contribution in [0.1, 0.15) is 29.3 Å². The van der Waals surface area contributed by atoms with E-state index in [0.717, 1.165) is 6.07 Å². The first-order chi connectivity index (χ1) is 8.58. The summed E-state index contributed by atoms with van der Waals surface area (Å²) in [5, 5.41) is 0. The summed E-state index contributed by atoms with van der Waals surface area (Å²) in [4.78, 5) is 11.5. The Bertz CT molecular complexity index is 555. The van der Waals surface area contributed by atoms with E-state index in [1.807, 2.05) is 0 Å². The molecule has 0 saturated heterocycles. The molecule has 0 atom stereocenters. The maximum Gasteiger partial charge on any atom is 0.164 e. The SMILES string of the molecule is CCC(=O)c1ccn(Cc2cc(F)cc(F)c2)c1. The highest BCUT2D eigenvalue weighted by Crippen LogP contribution is 2.11. The van der Waals surface area contributed by atoms with E-state index >= 15 is 0 Å². The minimum Gasteiger partial charge on any atom is -0.349 e. The second-order valence-electron chi connectivity index (χ2n) is 4.13. The van der Waals surface area contributed by atoms with Gasteiger partial charge in [0.1, 0.15) is 11.6 Å². The molecule has 0 N–H and O–H groups in total. The van der Waals surface area contributed by atoms with Crippen LogP contribution in [0.15, 0.2) is 36.7 Å². The molecule has 0 radical (unpaired) electrons. The summed E-state index contributed by atoms with van der Waals surface area (Å²) in [5.41, 5.74) is 1.15. The lowest BCUT2D eigenvalue weighted by Crippen LogP contribution is -1.99. The summed E-state index contributed by atoms with van der Waals surface area (Å²) in [6, 6.07) is 5.11. The zero-order valence-electron chi connectivity index (χ0n) is 9.99. The Balaban J connectivity index is 2.18. The minimum absolute atomic E-state index is 0.0548. The normalized spacial score (nSPS) is 10.6. The van der Waals surface area contributed by atoms with E-state index in [0.29, 0.717) is 24.1 Å². The first-order valence-electron chi connectivity index (χ1n) is 5.72. The second kappa shape index (κ2) is 5.12. The van der Waals surface area contributed by atoms with Crippen LogP contribution < -0.4 is 0 Å². The van der Waals surface area contributed by atoms with E-state index in [9.17, 15) is 13.6 Å². The fourth-order valence-corrected chi connectivity index (χ4v) is 1.82. The zero-order chi connectivity index (χ0) is 13.1. The van der Waals surface area contributed by atoms with Gasteiger partial charge in [-0.2, -0.15) is 0 Å². The molecule has 0 aliphatic rings. The lowest BCUT2D eigenvalue weighted by Gasteiger charge is -2.03. The topological polar surface area (TPSA) is 22.0 Å². The number of hydrogen-bond donors (Lipinski definition) is 0. The molecule has 1 aromatic heterocycles. The minimum atomic E-state index is -0.595. The average molecular weight is 249 g/mol. The highest BCUT2D eigenvalue weighted by Gasteiger charge is 2.06. The average Bonchev–Trinajstić information content (AvgIpc) is 2.75. The molecule has 1 aromatic carbocycles. The lowest BCUT2D eigenvalue weighted by atomic mass is 10.2. The predicted molar refractivity (Wildman–Crippen MR) is 64.5 cm³/mol. The summed E-state index contributed by atoms with van der Waals surface area (Å²) in [6.07, 6.45) is 3.86. The van der Waals surface area contributed by atoms with Gasteiger partial charge in [0.15, 0.2) is 5.78 Å². The molecule has 2 rings (SSSR count). The lowest BCUT2D eigenvalue weighted by molar-refractivity contribution is 0.0988. The standard InChI is InChI=1S/C14H13F2NO/c1-2-14(18)11-3-4-17(9-11)8-10-5-12(15)7-13(16)6-10/h3-7,9H,2,8H2,1H3. The van der Waals surface area contributed by atoms with E-state index in [1.165, 1.54) is 12.1 Å². The molecule has 0 spiro atoms. The number of ketones is 1. The predicted octanol–water partition coefficient (Wildman–Crippen LogP) is 3.41. The number of aromatic nitrogens is 1. The van der Waals surface area contributed by atoms with Crippen LogP contribution in [0.4, 0.5) is 8.78 Å². The van der Waals surface area contributed by atoms with E-state index < -0.39 is 11.6 Å². The van der Waals surface area contributed by atoms with Crippen molar-refractivity contribution >= 4 is 5.78 Å².